The first-order valence-corrected chi connectivity index (χ1v) is 13.1. The number of methoxy groups -OCH3 is 1. The van der Waals surface area contributed by atoms with E-state index in [4.69, 9.17) is 4.74 Å². The Kier molecular flexibility index (Phi) is 6.46. The number of nitrogens with zero attached hydrogens (tertiary/aromatic N) is 1. The molecule has 1 spiro atoms. The van der Waals surface area contributed by atoms with Crippen LogP contribution in [0.5, 0.6) is 5.75 Å². The van der Waals surface area contributed by atoms with Crippen LogP contribution in [0.1, 0.15) is 24.9 Å². The van der Waals surface area contributed by atoms with Crippen molar-refractivity contribution in [1.29, 1.82) is 0 Å². The number of aliphatic hydroxyl groups is 1. The Morgan fingerprint density at radius 2 is 1.86 bits per heavy atom. The maximum atomic E-state index is 14.2. The van der Waals surface area contributed by atoms with Gasteiger partial charge in [-0.25, -0.2) is 0 Å². The number of benzene rings is 2. The van der Waals surface area contributed by atoms with Crippen molar-refractivity contribution in [2.75, 3.05) is 26.1 Å². The number of anilines is 1. The molecule has 2 aromatic carbocycles. The van der Waals surface area contributed by atoms with Gasteiger partial charge in [0.15, 0.2) is 0 Å². The van der Waals surface area contributed by atoms with Gasteiger partial charge in [-0.1, -0.05) is 37.3 Å². The van der Waals surface area contributed by atoms with Crippen LogP contribution in [0.25, 0.3) is 0 Å². The van der Waals surface area contributed by atoms with Crippen LogP contribution >= 0.6 is 11.8 Å². The first-order chi connectivity index (χ1) is 17.4. The number of likely N-dealkylation sites (tertiary alicyclic amines) is 1. The van der Waals surface area contributed by atoms with E-state index in [0.29, 0.717) is 11.4 Å². The van der Waals surface area contributed by atoms with Gasteiger partial charge in [-0.2, -0.15) is 0 Å². The van der Waals surface area contributed by atoms with Crippen molar-refractivity contribution >= 4 is 35.2 Å². The maximum absolute atomic E-state index is 14.2. The Morgan fingerprint density at radius 1 is 1.17 bits per heavy atom. The molecule has 3 heterocycles. The van der Waals surface area contributed by atoms with Gasteiger partial charge in [0.2, 0.25) is 17.7 Å². The summed E-state index contributed by atoms with van der Waals surface area (Å²) in [5.74, 6) is -1.18. The van der Waals surface area contributed by atoms with Gasteiger partial charge in [0.25, 0.3) is 0 Å². The molecule has 0 aliphatic carbocycles. The number of nitrogens with one attached hydrogen (secondary N) is 2. The van der Waals surface area contributed by atoms with E-state index >= 15 is 0 Å². The molecule has 3 fully saturated rings. The summed E-state index contributed by atoms with van der Waals surface area (Å²) in [5.41, 5.74) is 1.33. The van der Waals surface area contributed by atoms with Gasteiger partial charge in [0.1, 0.15) is 11.8 Å². The second-order valence-corrected chi connectivity index (χ2v) is 11.3. The third kappa shape index (κ3) is 3.59. The minimum absolute atomic E-state index is 0.0309. The van der Waals surface area contributed by atoms with Crippen molar-refractivity contribution in [2.45, 2.75) is 35.4 Å². The lowest BCUT2D eigenvalue weighted by molar-refractivity contribution is -0.142. The molecule has 2 aromatic rings. The molecular weight excluding hydrogens is 478 g/mol. The summed E-state index contributed by atoms with van der Waals surface area (Å²) in [6, 6.07) is 14.7. The van der Waals surface area contributed by atoms with E-state index in [9.17, 15) is 19.5 Å². The number of carbonyl (C=O) groups excluding carboxylic acids is 3. The summed E-state index contributed by atoms with van der Waals surface area (Å²) in [6.07, 6.45) is 0.752. The predicted molar refractivity (Wildman–Crippen MR) is 137 cm³/mol. The molecular formula is C27H31N3O5S. The smallest absolute Gasteiger partial charge is 0.248 e. The summed E-state index contributed by atoms with van der Waals surface area (Å²) < 4.78 is 4.45. The summed E-state index contributed by atoms with van der Waals surface area (Å²) in [6.45, 7) is 1.74. The zero-order chi connectivity index (χ0) is 25.6. The average Bonchev–Trinajstić information content (AvgIpc) is 3.49. The van der Waals surface area contributed by atoms with Crippen molar-refractivity contribution in [2.24, 2.45) is 17.8 Å². The van der Waals surface area contributed by atoms with Crippen molar-refractivity contribution in [1.82, 2.24) is 10.2 Å². The second-order valence-electron chi connectivity index (χ2n) is 9.74. The van der Waals surface area contributed by atoms with Crippen molar-refractivity contribution < 1.29 is 24.2 Å². The Bertz CT molecular complexity index is 1160. The van der Waals surface area contributed by atoms with E-state index in [2.05, 4.69) is 17.6 Å². The average molecular weight is 510 g/mol. The highest BCUT2D eigenvalue weighted by Gasteiger charge is 2.76. The summed E-state index contributed by atoms with van der Waals surface area (Å²) in [7, 11) is 3.16. The molecule has 3 saturated heterocycles. The number of hydrogen-bond donors (Lipinski definition) is 3. The van der Waals surface area contributed by atoms with Crippen LogP contribution in [0, 0.1) is 17.8 Å². The number of carbonyl (C=O) groups is 3. The number of thioether (sulfide) groups is 1. The van der Waals surface area contributed by atoms with E-state index in [-0.39, 0.29) is 35.5 Å². The fraction of sp³-hybridized carbons (Fsp3) is 0.444. The Labute approximate surface area is 214 Å². The Hall–Kier alpha value is -3.04. The quantitative estimate of drug-likeness (QED) is 0.529. The van der Waals surface area contributed by atoms with E-state index in [0.717, 1.165) is 12.0 Å². The molecule has 8 nitrogen and oxygen atoms in total. The molecule has 3 unspecified atom stereocenters. The molecule has 2 bridgehead atoms. The Morgan fingerprint density at radius 3 is 2.47 bits per heavy atom. The number of ether oxygens (including phenoxy) is 1. The van der Waals surface area contributed by atoms with E-state index in [1.54, 1.807) is 55.1 Å². The minimum atomic E-state index is -0.853. The molecule has 0 radical (unpaired) electrons. The van der Waals surface area contributed by atoms with Crippen LogP contribution < -0.4 is 15.4 Å². The van der Waals surface area contributed by atoms with Crippen LogP contribution in [0.15, 0.2) is 54.6 Å². The van der Waals surface area contributed by atoms with Gasteiger partial charge >= 0.3 is 0 Å². The molecule has 3 amide bonds. The highest BCUT2D eigenvalue weighted by atomic mass is 32.2. The second kappa shape index (κ2) is 9.44. The lowest BCUT2D eigenvalue weighted by Crippen LogP contribution is -2.55. The highest BCUT2D eigenvalue weighted by Crippen LogP contribution is 2.69. The number of rotatable bonds is 7. The van der Waals surface area contributed by atoms with E-state index in [1.807, 2.05) is 30.3 Å². The highest BCUT2D eigenvalue weighted by molar-refractivity contribution is 8.02. The summed E-state index contributed by atoms with van der Waals surface area (Å²) >= 11 is 1.61. The monoisotopic (exact) mass is 509 g/mol. The minimum Gasteiger partial charge on any atom is -0.497 e. The normalized spacial score (nSPS) is 31.2. The Balaban J connectivity index is 1.60. The van der Waals surface area contributed by atoms with E-state index in [1.165, 1.54) is 0 Å². The maximum Gasteiger partial charge on any atom is 0.248 e. The van der Waals surface area contributed by atoms with Crippen LogP contribution in [-0.4, -0.2) is 64.5 Å². The predicted octanol–water partition coefficient (Wildman–Crippen LogP) is 2.45. The SMILES string of the molecule is CNC(=O)[C@@H]1[C@H]2C(=O)N([C@H](CO)c3ccccc3)C(C(=O)Nc3ccc(OC)cc3)C23S[C@@H]1CC3C. The molecule has 3 N–H and O–H groups in total. The molecule has 3 aliphatic rings. The molecule has 9 heteroatoms. The van der Waals surface area contributed by atoms with E-state index < -0.39 is 28.7 Å². The molecule has 190 valence electrons. The lowest BCUT2D eigenvalue weighted by Gasteiger charge is -2.40. The molecule has 5 rings (SSSR count). The topological polar surface area (TPSA) is 108 Å². The zero-order valence-corrected chi connectivity index (χ0v) is 21.3. The van der Waals surface area contributed by atoms with Crippen LogP contribution in [-0.2, 0) is 14.4 Å². The first kappa shape index (κ1) is 24.6. The van der Waals surface area contributed by atoms with Crippen LogP contribution in [0.3, 0.4) is 0 Å². The zero-order valence-electron chi connectivity index (χ0n) is 20.5. The van der Waals surface area contributed by atoms with Crippen LogP contribution in [0.4, 0.5) is 5.69 Å². The molecule has 0 aromatic heterocycles. The molecule has 3 aliphatic heterocycles. The number of aliphatic hydroxyl groups excluding tert-OH is 1. The molecule has 0 saturated carbocycles. The fourth-order valence-corrected chi connectivity index (χ4v) is 8.88. The van der Waals surface area contributed by atoms with Gasteiger partial charge in [-0.05, 0) is 42.2 Å². The van der Waals surface area contributed by atoms with Gasteiger partial charge in [0, 0.05) is 18.0 Å². The third-order valence-corrected chi connectivity index (χ3v) is 10.1. The van der Waals surface area contributed by atoms with Gasteiger partial charge in [-0.15, -0.1) is 11.8 Å². The fourth-order valence-electron chi connectivity index (χ4n) is 6.48. The first-order valence-electron chi connectivity index (χ1n) is 12.2. The van der Waals surface area contributed by atoms with Gasteiger partial charge in [0.05, 0.1) is 36.3 Å². The van der Waals surface area contributed by atoms with Crippen molar-refractivity contribution in [3.05, 3.63) is 60.2 Å². The summed E-state index contributed by atoms with van der Waals surface area (Å²) in [5, 5.41) is 16.2. The van der Waals surface area contributed by atoms with Gasteiger partial charge in [-0.3, -0.25) is 14.4 Å². The number of hydrogen-bond acceptors (Lipinski definition) is 6. The lowest BCUT2D eigenvalue weighted by atomic mass is 9.66. The number of fused-ring (bicyclic) bond motifs is 1. The standard InChI is InChI=1S/C27H31N3O5S/c1-15-13-20-21(24(32)28-2)22-26(34)30(19(14-31)16-7-5-4-6-8-16)23(27(15,22)36-20)25(33)29-17-9-11-18(35-3)12-10-17/h4-12,15,19-23,31H,13-14H2,1-3H3,(H,28,32)(H,29,33)/t15?,19-,20-,21+,22+,23?,27?/m1/s1. The van der Waals surface area contributed by atoms with Crippen LogP contribution in [0.2, 0.25) is 0 Å². The molecule has 36 heavy (non-hydrogen) atoms. The van der Waals surface area contributed by atoms with Crippen molar-refractivity contribution in [3.63, 3.8) is 0 Å². The van der Waals surface area contributed by atoms with Gasteiger partial charge < -0.3 is 25.4 Å². The van der Waals surface area contributed by atoms with Crippen molar-refractivity contribution in [3.8, 4) is 5.75 Å². The number of amides is 3. The summed E-state index contributed by atoms with van der Waals surface area (Å²) in [4.78, 5) is 42.8. The molecule has 7 atom stereocenters. The third-order valence-electron chi connectivity index (χ3n) is 8.03. The largest absolute Gasteiger partial charge is 0.497 e.